The first-order valence-corrected chi connectivity index (χ1v) is 8.66. The van der Waals surface area contributed by atoms with Crippen molar-refractivity contribution in [2.24, 2.45) is 0 Å². The molecule has 9 heteroatoms. The molecule has 0 aliphatic rings. The fourth-order valence-electron chi connectivity index (χ4n) is 2.19. The standard InChI is InChI=1S/C15H19N3O5S/c1-8-5-6-12(13(19)7-8)16-15(20)10(3)18-24(21,22)14-9(2)17-23-11(14)4/h5-7,10,18-19H,1-4H3,(H,16,20)/t10-/m0/s1. The summed E-state index contributed by atoms with van der Waals surface area (Å²) < 4.78 is 31.9. The number of benzene rings is 1. The highest BCUT2D eigenvalue weighted by Crippen LogP contribution is 2.24. The van der Waals surface area contributed by atoms with Crippen LogP contribution in [-0.4, -0.2) is 30.6 Å². The Morgan fingerprint density at radius 2 is 1.96 bits per heavy atom. The average molecular weight is 353 g/mol. The number of phenolic OH excluding ortho intramolecular Hbond substituents is 1. The van der Waals surface area contributed by atoms with Gasteiger partial charge in [0.1, 0.15) is 16.3 Å². The summed E-state index contributed by atoms with van der Waals surface area (Å²) in [5.41, 5.74) is 1.25. The SMILES string of the molecule is Cc1ccc(NC(=O)[C@H](C)NS(=O)(=O)c2c(C)noc2C)c(O)c1. The second kappa shape index (κ2) is 6.62. The number of sulfonamides is 1. The number of carbonyl (C=O) groups excluding carboxylic acids is 1. The van der Waals surface area contributed by atoms with Crippen molar-refractivity contribution in [1.29, 1.82) is 0 Å². The minimum absolute atomic E-state index is 0.0830. The van der Waals surface area contributed by atoms with E-state index in [1.807, 2.05) is 0 Å². The van der Waals surface area contributed by atoms with E-state index >= 15 is 0 Å². The van der Waals surface area contributed by atoms with Crippen molar-refractivity contribution >= 4 is 21.6 Å². The minimum atomic E-state index is -3.96. The van der Waals surface area contributed by atoms with E-state index in [1.54, 1.807) is 13.0 Å². The summed E-state index contributed by atoms with van der Waals surface area (Å²) in [7, 11) is -3.96. The van der Waals surface area contributed by atoms with E-state index in [2.05, 4.69) is 15.2 Å². The number of aromatic nitrogens is 1. The molecular weight excluding hydrogens is 334 g/mol. The fourth-order valence-corrected chi connectivity index (χ4v) is 3.72. The van der Waals surface area contributed by atoms with Gasteiger partial charge < -0.3 is 14.9 Å². The quantitative estimate of drug-likeness (QED) is 0.702. The number of amides is 1. The number of rotatable bonds is 5. The van der Waals surface area contributed by atoms with Crippen LogP contribution in [-0.2, 0) is 14.8 Å². The van der Waals surface area contributed by atoms with E-state index in [0.29, 0.717) is 0 Å². The maximum absolute atomic E-state index is 12.4. The molecule has 1 amide bonds. The zero-order valence-corrected chi connectivity index (χ0v) is 14.6. The van der Waals surface area contributed by atoms with Crippen LogP contribution in [0.1, 0.15) is 23.9 Å². The number of carbonyl (C=O) groups is 1. The zero-order chi connectivity index (χ0) is 18.1. The number of nitrogens with zero attached hydrogens (tertiary/aromatic N) is 1. The van der Waals surface area contributed by atoms with Crippen molar-refractivity contribution in [3.8, 4) is 5.75 Å². The lowest BCUT2D eigenvalue weighted by Crippen LogP contribution is -2.41. The molecule has 1 aromatic heterocycles. The third-order valence-corrected chi connectivity index (χ3v) is 5.16. The van der Waals surface area contributed by atoms with Gasteiger partial charge in [-0.05, 0) is 45.4 Å². The summed E-state index contributed by atoms with van der Waals surface area (Å²) in [5.74, 6) is -0.558. The third kappa shape index (κ3) is 3.74. The lowest BCUT2D eigenvalue weighted by atomic mass is 10.2. The van der Waals surface area contributed by atoms with Crippen LogP contribution < -0.4 is 10.0 Å². The molecule has 0 saturated heterocycles. The number of aryl methyl sites for hydroxylation is 3. The van der Waals surface area contributed by atoms with Crippen LogP contribution >= 0.6 is 0 Å². The second-order valence-electron chi connectivity index (χ2n) is 5.51. The maximum atomic E-state index is 12.4. The van der Waals surface area contributed by atoms with Gasteiger partial charge in [-0.25, -0.2) is 8.42 Å². The average Bonchev–Trinajstić information content (AvgIpc) is 2.81. The molecule has 0 unspecified atom stereocenters. The van der Waals surface area contributed by atoms with Crippen LogP contribution in [0.2, 0.25) is 0 Å². The van der Waals surface area contributed by atoms with Gasteiger partial charge in [0.15, 0.2) is 5.76 Å². The fraction of sp³-hybridized carbons (Fsp3) is 0.333. The van der Waals surface area contributed by atoms with Crippen molar-refractivity contribution in [3.05, 3.63) is 35.2 Å². The highest BCUT2D eigenvalue weighted by molar-refractivity contribution is 7.89. The van der Waals surface area contributed by atoms with E-state index in [9.17, 15) is 18.3 Å². The molecule has 0 bridgehead atoms. The molecule has 0 aliphatic carbocycles. The molecule has 2 rings (SSSR count). The van der Waals surface area contributed by atoms with Crippen LogP contribution in [0.25, 0.3) is 0 Å². The van der Waals surface area contributed by atoms with Gasteiger partial charge in [0.2, 0.25) is 15.9 Å². The van der Waals surface area contributed by atoms with Gasteiger partial charge in [-0.15, -0.1) is 0 Å². The van der Waals surface area contributed by atoms with Crippen LogP contribution in [0.5, 0.6) is 5.75 Å². The lowest BCUT2D eigenvalue weighted by Gasteiger charge is -2.15. The Hall–Kier alpha value is -2.39. The number of phenols is 1. The van der Waals surface area contributed by atoms with Gasteiger partial charge in [0.25, 0.3) is 0 Å². The van der Waals surface area contributed by atoms with E-state index in [0.717, 1.165) is 5.56 Å². The van der Waals surface area contributed by atoms with Crippen LogP contribution in [0.4, 0.5) is 5.69 Å². The van der Waals surface area contributed by atoms with Crippen molar-refractivity contribution < 1.29 is 22.8 Å². The third-order valence-electron chi connectivity index (χ3n) is 3.37. The Kier molecular flexibility index (Phi) is 4.95. The van der Waals surface area contributed by atoms with E-state index in [-0.39, 0.29) is 27.8 Å². The summed E-state index contributed by atoms with van der Waals surface area (Å²) >= 11 is 0. The zero-order valence-electron chi connectivity index (χ0n) is 13.7. The summed E-state index contributed by atoms with van der Waals surface area (Å²) in [5, 5.41) is 15.9. The van der Waals surface area contributed by atoms with Crippen molar-refractivity contribution in [2.75, 3.05) is 5.32 Å². The highest BCUT2D eigenvalue weighted by atomic mass is 32.2. The molecule has 1 aromatic carbocycles. The number of nitrogens with one attached hydrogen (secondary N) is 2. The normalized spacial score (nSPS) is 12.8. The number of hydrogen-bond donors (Lipinski definition) is 3. The predicted molar refractivity (Wildman–Crippen MR) is 87.2 cm³/mol. The molecule has 0 radical (unpaired) electrons. The summed E-state index contributed by atoms with van der Waals surface area (Å²) in [6.45, 7) is 6.17. The Morgan fingerprint density at radius 1 is 1.29 bits per heavy atom. The Labute approximate surface area is 139 Å². The molecular formula is C15H19N3O5S. The van der Waals surface area contributed by atoms with Gasteiger partial charge in [0.05, 0.1) is 11.7 Å². The first-order valence-electron chi connectivity index (χ1n) is 7.17. The highest BCUT2D eigenvalue weighted by Gasteiger charge is 2.28. The molecule has 0 fully saturated rings. The van der Waals surface area contributed by atoms with Gasteiger partial charge in [0, 0.05) is 0 Å². The Bertz CT molecular complexity index is 854. The molecule has 2 aromatic rings. The van der Waals surface area contributed by atoms with Gasteiger partial charge in [-0.1, -0.05) is 11.2 Å². The molecule has 0 spiro atoms. The minimum Gasteiger partial charge on any atom is -0.506 e. The second-order valence-corrected chi connectivity index (χ2v) is 7.16. The number of aromatic hydroxyl groups is 1. The smallest absolute Gasteiger partial charge is 0.246 e. The van der Waals surface area contributed by atoms with E-state index < -0.39 is 22.0 Å². The van der Waals surface area contributed by atoms with Crippen molar-refractivity contribution in [1.82, 2.24) is 9.88 Å². The Morgan fingerprint density at radius 3 is 2.50 bits per heavy atom. The molecule has 3 N–H and O–H groups in total. The molecule has 24 heavy (non-hydrogen) atoms. The first kappa shape index (κ1) is 18.0. The van der Waals surface area contributed by atoms with E-state index in [1.165, 1.54) is 32.9 Å². The summed E-state index contributed by atoms with van der Waals surface area (Å²) in [6.07, 6.45) is 0. The maximum Gasteiger partial charge on any atom is 0.246 e. The lowest BCUT2D eigenvalue weighted by molar-refractivity contribution is -0.117. The number of anilines is 1. The summed E-state index contributed by atoms with van der Waals surface area (Å²) in [6, 6.07) is 3.69. The van der Waals surface area contributed by atoms with Crippen LogP contribution in [0.15, 0.2) is 27.6 Å². The van der Waals surface area contributed by atoms with Gasteiger partial charge in [-0.2, -0.15) is 4.72 Å². The molecule has 0 saturated carbocycles. The monoisotopic (exact) mass is 353 g/mol. The molecule has 1 atom stereocenters. The predicted octanol–water partition coefficient (Wildman–Crippen LogP) is 1.61. The van der Waals surface area contributed by atoms with Crippen molar-refractivity contribution in [3.63, 3.8) is 0 Å². The Balaban J connectivity index is 2.14. The molecule has 1 heterocycles. The summed E-state index contributed by atoms with van der Waals surface area (Å²) in [4.78, 5) is 12.1. The molecule has 0 aliphatic heterocycles. The molecule has 8 nitrogen and oxygen atoms in total. The van der Waals surface area contributed by atoms with E-state index in [4.69, 9.17) is 4.52 Å². The van der Waals surface area contributed by atoms with Crippen LogP contribution in [0, 0.1) is 20.8 Å². The topological polar surface area (TPSA) is 122 Å². The van der Waals surface area contributed by atoms with Crippen LogP contribution in [0.3, 0.4) is 0 Å². The van der Waals surface area contributed by atoms with Gasteiger partial charge >= 0.3 is 0 Å². The first-order chi connectivity index (χ1) is 11.1. The largest absolute Gasteiger partial charge is 0.506 e. The number of hydrogen-bond acceptors (Lipinski definition) is 6. The molecule has 130 valence electrons. The van der Waals surface area contributed by atoms with Crippen molar-refractivity contribution in [2.45, 2.75) is 38.6 Å². The van der Waals surface area contributed by atoms with Gasteiger partial charge in [-0.3, -0.25) is 4.79 Å².